The molecule has 1 atom stereocenters. The fourth-order valence-corrected chi connectivity index (χ4v) is 1.83. The Bertz CT molecular complexity index is 474. The first-order valence-electron chi connectivity index (χ1n) is 7.05. The fraction of sp³-hybridized carbons (Fsp3) is 0.467. The van der Waals surface area contributed by atoms with Crippen LogP contribution in [0.5, 0.6) is 0 Å². The molecule has 0 heterocycles. The van der Waals surface area contributed by atoms with Crippen LogP contribution in [0.1, 0.15) is 32.4 Å². The number of hydrogen-bond donors (Lipinski definition) is 3. The Balaban J connectivity index is 2.32. The van der Waals surface area contributed by atoms with E-state index < -0.39 is 6.03 Å². The largest absolute Gasteiger partial charge is 0.338 e. The van der Waals surface area contributed by atoms with Crippen molar-refractivity contribution in [2.75, 3.05) is 13.1 Å². The summed E-state index contributed by atoms with van der Waals surface area (Å²) >= 11 is 5.83. The SMILES string of the molecule is CC(C)CNC(=O)NC(=O)C[NH2+][C@@H](C)c1ccc(Cl)cc1. The van der Waals surface area contributed by atoms with Crippen molar-refractivity contribution >= 4 is 23.5 Å². The molecule has 0 saturated heterocycles. The van der Waals surface area contributed by atoms with Crippen molar-refractivity contribution in [2.45, 2.75) is 26.8 Å². The van der Waals surface area contributed by atoms with Crippen LogP contribution in [0.3, 0.4) is 0 Å². The number of amides is 3. The van der Waals surface area contributed by atoms with E-state index in [0.717, 1.165) is 5.56 Å². The van der Waals surface area contributed by atoms with Crippen LogP contribution in [0, 0.1) is 5.92 Å². The molecule has 0 spiro atoms. The zero-order valence-corrected chi connectivity index (χ0v) is 13.4. The third kappa shape index (κ3) is 7.11. The number of benzene rings is 1. The number of carbonyl (C=O) groups excluding carboxylic acids is 2. The van der Waals surface area contributed by atoms with Crippen molar-refractivity contribution in [2.24, 2.45) is 5.92 Å². The predicted octanol–water partition coefficient (Wildman–Crippen LogP) is 1.45. The summed E-state index contributed by atoms with van der Waals surface area (Å²) in [5, 5.41) is 7.50. The first-order chi connectivity index (χ1) is 9.88. The van der Waals surface area contributed by atoms with Crippen LogP contribution in [0.2, 0.25) is 5.02 Å². The van der Waals surface area contributed by atoms with E-state index in [1.807, 2.05) is 50.4 Å². The highest BCUT2D eigenvalue weighted by Crippen LogP contribution is 2.13. The molecular weight excluding hydrogens is 290 g/mol. The number of carbonyl (C=O) groups is 2. The molecule has 0 unspecified atom stereocenters. The van der Waals surface area contributed by atoms with Crippen molar-refractivity contribution in [3.63, 3.8) is 0 Å². The molecule has 21 heavy (non-hydrogen) atoms. The maximum absolute atomic E-state index is 11.7. The van der Waals surface area contributed by atoms with Gasteiger partial charge in [0, 0.05) is 17.1 Å². The molecule has 0 bridgehead atoms. The van der Waals surface area contributed by atoms with Crippen LogP contribution in [0.4, 0.5) is 4.79 Å². The summed E-state index contributed by atoms with van der Waals surface area (Å²) in [6, 6.07) is 7.17. The molecule has 4 N–H and O–H groups in total. The Morgan fingerprint density at radius 2 is 1.81 bits per heavy atom. The van der Waals surface area contributed by atoms with Gasteiger partial charge in [0.2, 0.25) is 0 Å². The van der Waals surface area contributed by atoms with Crippen LogP contribution in [0.25, 0.3) is 0 Å². The third-order valence-electron chi connectivity index (χ3n) is 2.98. The molecule has 116 valence electrons. The number of nitrogens with one attached hydrogen (secondary N) is 2. The Morgan fingerprint density at radius 3 is 2.38 bits per heavy atom. The quantitative estimate of drug-likeness (QED) is 0.743. The van der Waals surface area contributed by atoms with E-state index in [-0.39, 0.29) is 18.5 Å². The first-order valence-corrected chi connectivity index (χ1v) is 7.42. The number of hydrogen-bond acceptors (Lipinski definition) is 2. The van der Waals surface area contributed by atoms with Gasteiger partial charge in [-0.15, -0.1) is 0 Å². The van der Waals surface area contributed by atoms with Gasteiger partial charge >= 0.3 is 6.03 Å². The van der Waals surface area contributed by atoms with Crippen LogP contribution in [0.15, 0.2) is 24.3 Å². The van der Waals surface area contributed by atoms with Crippen LogP contribution in [-0.4, -0.2) is 25.0 Å². The Hall–Kier alpha value is -1.59. The molecule has 5 nitrogen and oxygen atoms in total. The average molecular weight is 313 g/mol. The molecule has 0 aromatic heterocycles. The highest BCUT2D eigenvalue weighted by Gasteiger charge is 2.13. The van der Waals surface area contributed by atoms with E-state index >= 15 is 0 Å². The maximum atomic E-state index is 11.7. The first kappa shape index (κ1) is 17.5. The lowest BCUT2D eigenvalue weighted by molar-refractivity contribution is -0.682. The standard InChI is InChI=1S/C15H22ClN3O2/c1-10(2)8-18-15(21)19-14(20)9-17-11(3)12-4-6-13(16)7-5-12/h4-7,10-11,17H,8-9H2,1-3H3,(H2,18,19,20,21)/p+1/t11-/m0/s1. The number of nitrogens with two attached hydrogens (primary N) is 1. The lowest BCUT2D eigenvalue weighted by Crippen LogP contribution is -2.87. The van der Waals surface area contributed by atoms with Crippen LogP contribution < -0.4 is 16.0 Å². The van der Waals surface area contributed by atoms with Gasteiger partial charge in [-0.05, 0) is 25.0 Å². The fourth-order valence-electron chi connectivity index (χ4n) is 1.70. The molecule has 1 aromatic rings. The summed E-state index contributed by atoms with van der Waals surface area (Å²) < 4.78 is 0. The highest BCUT2D eigenvalue weighted by molar-refractivity contribution is 6.30. The molecule has 0 fully saturated rings. The van der Waals surface area contributed by atoms with E-state index in [1.54, 1.807) is 0 Å². The minimum atomic E-state index is -0.443. The number of imide groups is 1. The van der Waals surface area contributed by atoms with Crippen molar-refractivity contribution in [1.29, 1.82) is 0 Å². The van der Waals surface area contributed by atoms with E-state index in [0.29, 0.717) is 17.5 Å². The Kier molecular flexibility index (Phi) is 7.19. The van der Waals surface area contributed by atoms with Gasteiger partial charge in [-0.3, -0.25) is 10.1 Å². The summed E-state index contributed by atoms with van der Waals surface area (Å²) in [7, 11) is 0. The predicted molar refractivity (Wildman–Crippen MR) is 83.0 cm³/mol. The number of rotatable bonds is 6. The second kappa shape index (κ2) is 8.64. The van der Waals surface area contributed by atoms with Crippen molar-refractivity contribution < 1.29 is 14.9 Å². The lowest BCUT2D eigenvalue weighted by atomic mass is 10.1. The number of halogens is 1. The van der Waals surface area contributed by atoms with Crippen molar-refractivity contribution in [3.8, 4) is 0 Å². The highest BCUT2D eigenvalue weighted by atomic mass is 35.5. The minimum Gasteiger partial charge on any atom is -0.338 e. The van der Waals surface area contributed by atoms with Gasteiger partial charge in [-0.2, -0.15) is 0 Å². The van der Waals surface area contributed by atoms with Gasteiger partial charge in [-0.25, -0.2) is 4.79 Å². The van der Waals surface area contributed by atoms with Gasteiger partial charge in [0.05, 0.1) is 0 Å². The second-order valence-electron chi connectivity index (χ2n) is 5.43. The van der Waals surface area contributed by atoms with Crippen LogP contribution >= 0.6 is 11.6 Å². The van der Waals surface area contributed by atoms with E-state index in [2.05, 4.69) is 10.6 Å². The summed E-state index contributed by atoms with van der Waals surface area (Å²) in [5.41, 5.74) is 1.08. The zero-order chi connectivity index (χ0) is 15.8. The monoisotopic (exact) mass is 312 g/mol. The lowest BCUT2D eigenvalue weighted by Gasteiger charge is -2.11. The van der Waals surface area contributed by atoms with Gasteiger partial charge in [0.25, 0.3) is 5.91 Å². The summed E-state index contributed by atoms with van der Waals surface area (Å²) in [6.07, 6.45) is 0. The van der Waals surface area contributed by atoms with E-state index in [9.17, 15) is 9.59 Å². The van der Waals surface area contributed by atoms with Gasteiger partial charge in [0.15, 0.2) is 6.54 Å². The third-order valence-corrected chi connectivity index (χ3v) is 3.23. The molecule has 3 amide bonds. The van der Waals surface area contributed by atoms with Crippen molar-refractivity contribution in [3.05, 3.63) is 34.9 Å². The van der Waals surface area contributed by atoms with Crippen LogP contribution in [-0.2, 0) is 4.79 Å². The molecule has 0 radical (unpaired) electrons. The molecule has 0 aliphatic heterocycles. The maximum Gasteiger partial charge on any atom is 0.321 e. The van der Waals surface area contributed by atoms with Gasteiger partial charge in [0.1, 0.15) is 6.04 Å². The smallest absolute Gasteiger partial charge is 0.321 e. The molecular formula is C15H23ClN3O2+. The number of urea groups is 1. The molecule has 6 heteroatoms. The molecule has 0 aliphatic carbocycles. The summed E-state index contributed by atoms with van der Waals surface area (Å²) in [4.78, 5) is 23.1. The van der Waals surface area contributed by atoms with Gasteiger partial charge < -0.3 is 10.6 Å². The topological polar surface area (TPSA) is 74.8 Å². The normalized spacial score (nSPS) is 12.0. The molecule has 0 saturated carbocycles. The van der Waals surface area contributed by atoms with E-state index in [1.165, 1.54) is 0 Å². The average Bonchev–Trinajstić information content (AvgIpc) is 2.43. The summed E-state index contributed by atoms with van der Waals surface area (Å²) in [6.45, 7) is 6.71. The van der Waals surface area contributed by atoms with E-state index in [4.69, 9.17) is 11.6 Å². The van der Waals surface area contributed by atoms with Crippen molar-refractivity contribution in [1.82, 2.24) is 10.6 Å². The second-order valence-corrected chi connectivity index (χ2v) is 5.87. The Labute approximate surface area is 130 Å². The minimum absolute atomic E-state index is 0.117. The zero-order valence-electron chi connectivity index (χ0n) is 12.7. The summed E-state index contributed by atoms with van der Waals surface area (Å²) in [5.74, 6) is 0.0411. The molecule has 1 aromatic carbocycles. The number of quaternary nitrogens is 1. The van der Waals surface area contributed by atoms with Gasteiger partial charge in [-0.1, -0.05) is 37.6 Å². The molecule has 1 rings (SSSR count). The Morgan fingerprint density at radius 1 is 1.19 bits per heavy atom. The molecule has 0 aliphatic rings.